The molecule has 24 heavy (non-hydrogen) atoms. The average molecular weight is 384 g/mol. The molecule has 2 heterocycles. The Balaban J connectivity index is 1.68. The van der Waals surface area contributed by atoms with Crippen molar-refractivity contribution in [2.75, 3.05) is 0 Å². The Morgan fingerprint density at radius 3 is 2.46 bits per heavy atom. The number of nitrogens with two attached hydrogens (primary N) is 1. The van der Waals surface area contributed by atoms with E-state index in [1.54, 1.807) is 11.6 Å². The summed E-state index contributed by atoms with van der Waals surface area (Å²) < 4.78 is 1.80. The van der Waals surface area contributed by atoms with Gasteiger partial charge in [-0.3, -0.25) is 14.4 Å². The molecule has 0 spiro atoms. The maximum Gasteiger partial charge on any atom is 0.247 e. The fourth-order valence-electron chi connectivity index (χ4n) is 4.00. The van der Waals surface area contributed by atoms with Gasteiger partial charge in [0.1, 0.15) is 0 Å². The van der Waals surface area contributed by atoms with E-state index < -0.39 is 6.04 Å². The first-order chi connectivity index (χ1) is 11.5. The minimum absolute atomic E-state index is 0.0257. The summed E-state index contributed by atoms with van der Waals surface area (Å²) in [5.41, 5.74) is 7.07. The summed E-state index contributed by atoms with van der Waals surface area (Å²) in [5.74, 6) is -0.0257. The first kappa shape index (κ1) is 18.2. The van der Waals surface area contributed by atoms with Gasteiger partial charge in [0.25, 0.3) is 0 Å². The van der Waals surface area contributed by atoms with Gasteiger partial charge in [0.2, 0.25) is 5.91 Å². The SMILES string of the molecule is C[C@H](N)C(=O)N(P=S)[C@H]1C[C@H]2CC[C@@H](C1)N2Cc1ccc(Cl)cc1. The van der Waals surface area contributed by atoms with E-state index in [1.807, 2.05) is 12.1 Å². The third-order valence-electron chi connectivity index (χ3n) is 5.19. The Hall–Kier alpha value is -0.580. The lowest BCUT2D eigenvalue weighted by Gasteiger charge is -2.42. The molecular weight excluding hydrogens is 361 g/mol. The second-order valence-electron chi connectivity index (χ2n) is 6.86. The van der Waals surface area contributed by atoms with Crippen LogP contribution in [0.4, 0.5) is 0 Å². The number of hydrogen-bond acceptors (Lipinski definition) is 4. The Morgan fingerprint density at radius 2 is 1.96 bits per heavy atom. The lowest BCUT2D eigenvalue weighted by atomic mass is 9.96. The van der Waals surface area contributed by atoms with Gasteiger partial charge >= 0.3 is 0 Å². The second-order valence-corrected chi connectivity index (χ2v) is 8.38. The summed E-state index contributed by atoms with van der Waals surface area (Å²) in [7, 11) is 0.592. The van der Waals surface area contributed by atoms with Crippen LogP contribution in [0.2, 0.25) is 5.02 Å². The van der Waals surface area contributed by atoms with Crippen LogP contribution in [0.3, 0.4) is 0 Å². The number of amides is 1. The highest BCUT2D eigenvalue weighted by molar-refractivity contribution is 7.95. The normalized spacial score (nSPS) is 28.0. The molecule has 0 radical (unpaired) electrons. The van der Waals surface area contributed by atoms with E-state index in [2.05, 4.69) is 17.0 Å². The van der Waals surface area contributed by atoms with Gasteiger partial charge in [-0.1, -0.05) is 23.7 Å². The molecule has 130 valence electrons. The smallest absolute Gasteiger partial charge is 0.247 e. The highest BCUT2D eigenvalue weighted by atomic mass is 35.5. The van der Waals surface area contributed by atoms with Crippen molar-refractivity contribution in [3.63, 3.8) is 0 Å². The molecule has 1 aromatic carbocycles. The fraction of sp³-hybridized carbons (Fsp3) is 0.588. The van der Waals surface area contributed by atoms with Crippen LogP contribution >= 0.6 is 19.1 Å². The summed E-state index contributed by atoms with van der Waals surface area (Å²) >= 11 is 11.2. The van der Waals surface area contributed by atoms with Crippen LogP contribution < -0.4 is 5.73 Å². The molecule has 0 aliphatic carbocycles. The van der Waals surface area contributed by atoms with E-state index >= 15 is 0 Å². The molecular formula is C17H23ClN3OPS. The molecule has 1 aromatic rings. The van der Waals surface area contributed by atoms with E-state index in [9.17, 15) is 4.79 Å². The van der Waals surface area contributed by atoms with Crippen LogP contribution in [-0.4, -0.2) is 39.6 Å². The third-order valence-corrected chi connectivity index (χ3v) is 6.67. The van der Waals surface area contributed by atoms with Crippen molar-refractivity contribution in [1.82, 2.24) is 9.57 Å². The summed E-state index contributed by atoms with van der Waals surface area (Å²) in [5, 5.41) is 0.773. The van der Waals surface area contributed by atoms with Crippen LogP contribution in [0, 0.1) is 0 Å². The first-order valence-electron chi connectivity index (χ1n) is 8.41. The predicted molar refractivity (Wildman–Crippen MR) is 102 cm³/mol. The van der Waals surface area contributed by atoms with Crippen molar-refractivity contribution < 1.29 is 4.79 Å². The molecule has 3 rings (SSSR count). The predicted octanol–water partition coefficient (Wildman–Crippen LogP) is 3.33. The van der Waals surface area contributed by atoms with E-state index in [-0.39, 0.29) is 11.9 Å². The van der Waals surface area contributed by atoms with E-state index in [0.29, 0.717) is 19.6 Å². The third kappa shape index (κ3) is 3.81. The zero-order valence-corrected chi connectivity index (χ0v) is 16.2. The molecule has 2 bridgehead atoms. The monoisotopic (exact) mass is 383 g/mol. The van der Waals surface area contributed by atoms with Crippen molar-refractivity contribution in [2.45, 2.75) is 63.3 Å². The number of hydrogen-bond donors (Lipinski definition) is 1. The summed E-state index contributed by atoms with van der Waals surface area (Å²) in [6.07, 6.45) is 4.38. The van der Waals surface area contributed by atoms with Gasteiger partial charge in [-0.2, -0.15) is 0 Å². The number of nitrogens with zero attached hydrogens (tertiary/aromatic N) is 2. The number of benzene rings is 1. The van der Waals surface area contributed by atoms with Crippen molar-refractivity contribution in [3.05, 3.63) is 34.9 Å². The summed E-state index contributed by atoms with van der Waals surface area (Å²) in [4.78, 5) is 14.9. The molecule has 2 N–H and O–H groups in total. The molecule has 0 unspecified atom stereocenters. The van der Waals surface area contributed by atoms with Gasteiger partial charge in [-0.25, -0.2) is 0 Å². The molecule has 1 amide bonds. The molecule has 4 nitrogen and oxygen atoms in total. The number of halogens is 1. The lowest BCUT2D eigenvalue weighted by molar-refractivity contribution is -0.129. The Labute approximate surface area is 155 Å². The van der Waals surface area contributed by atoms with Crippen molar-refractivity contribution >= 4 is 36.8 Å². The molecule has 0 aromatic heterocycles. The Morgan fingerprint density at radius 1 is 1.38 bits per heavy atom. The zero-order chi connectivity index (χ0) is 17.3. The number of fused-ring (bicyclic) bond motifs is 2. The van der Waals surface area contributed by atoms with Crippen LogP contribution in [0.1, 0.15) is 38.2 Å². The van der Waals surface area contributed by atoms with E-state index in [4.69, 9.17) is 29.1 Å². The summed E-state index contributed by atoms with van der Waals surface area (Å²) in [6, 6.07) is 8.87. The van der Waals surface area contributed by atoms with Crippen LogP contribution in [-0.2, 0) is 23.1 Å². The molecule has 0 saturated carbocycles. The van der Waals surface area contributed by atoms with Crippen LogP contribution in [0.5, 0.6) is 0 Å². The number of carbonyl (C=O) groups is 1. The fourth-order valence-corrected chi connectivity index (χ4v) is 5.35. The molecule has 7 heteroatoms. The molecule has 2 fully saturated rings. The molecule has 2 aliphatic rings. The highest BCUT2D eigenvalue weighted by Crippen LogP contribution is 2.40. The minimum Gasteiger partial charge on any atom is -0.320 e. The highest BCUT2D eigenvalue weighted by Gasteiger charge is 2.43. The lowest BCUT2D eigenvalue weighted by Crippen LogP contribution is -2.51. The Kier molecular flexibility index (Phi) is 5.89. The standard InChI is InChI=1S/C17H23ClN3OPS/c1-11(19)17(22)21(23-24)16-8-14-6-7-15(9-16)20(14)10-12-2-4-13(18)5-3-12/h2-5,11,14-16H,6-10,19H2,1H3/t11-,14-,15+,16+/m0/s1. The topological polar surface area (TPSA) is 49.6 Å². The molecule has 4 atom stereocenters. The van der Waals surface area contributed by atoms with Crippen LogP contribution in [0.25, 0.3) is 0 Å². The average Bonchev–Trinajstić information content (AvgIpc) is 2.79. The minimum atomic E-state index is -0.481. The summed E-state index contributed by atoms with van der Waals surface area (Å²) in [6.45, 7) is 2.69. The van der Waals surface area contributed by atoms with Gasteiger partial charge in [0, 0.05) is 29.7 Å². The number of piperidine rings is 1. The van der Waals surface area contributed by atoms with Crippen molar-refractivity contribution in [2.24, 2.45) is 5.73 Å². The van der Waals surface area contributed by atoms with Crippen LogP contribution in [0.15, 0.2) is 24.3 Å². The maximum atomic E-state index is 12.3. The number of carbonyl (C=O) groups excluding carboxylic acids is 1. The maximum absolute atomic E-state index is 12.3. The van der Waals surface area contributed by atoms with Gasteiger partial charge in [-0.15, -0.1) is 0 Å². The Bertz CT molecular complexity index is 598. The largest absolute Gasteiger partial charge is 0.320 e. The van der Waals surface area contributed by atoms with E-state index in [0.717, 1.165) is 24.4 Å². The first-order valence-corrected chi connectivity index (χ1v) is 10.7. The van der Waals surface area contributed by atoms with E-state index in [1.165, 1.54) is 18.4 Å². The quantitative estimate of drug-likeness (QED) is 0.792. The zero-order valence-electron chi connectivity index (χ0n) is 13.8. The van der Waals surface area contributed by atoms with Gasteiger partial charge in [0.15, 0.2) is 0 Å². The molecule has 2 aliphatic heterocycles. The van der Waals surface area contributed by atoms with Crippen molar-refractivity contribution in [1.29, 1.82) is 0 Å². The molecule has 2 saturated heterocycles. The number of rotatable bonds is 5. The second kappa shape index (κ2) is 7.76. The van der Waals surface area contributed by atoms with Gasteiger partial charge in [0.05, 0.1) is 13.5 Å². The van der Waals surface area contributed by atoms with Gasteiger partial charge < -0.3 is 5.73 Å². The van der Waals surface area contributed by atoms with Gasteiger partial charge in [-0.05, 0) is 62.1 Å². The van der Waals surface area contributed by atoms with Crippen molar-refractivity contribution in [3.8, 4) is 0 Å².